The van der Waals surface area contributed by atoms with Gasteiger partial charge in [0.2, 0.25) is 17.7 Å². The van der Waals surface area contributed by atoms with Crippen molar-refractivity contribution in [1.82, 2.24) is 9.88 Å². The molecule has 0 spiro atoms. The molecule has 1 aromatic rings. The van der Waals surface area contributed by atoms with Gasteiger partial charge in [-0.1, -0.05) is 20.8 Å². The van der Waals surface area contributed by atoms with Crippen LogP contribution >= 0.6 is 0 Å². The third-order valence-corrected chi connectivity index (χ3v) is 3.88. The standard InChI is InChI=1S/C17H25N3O3/c1-4-15(21)19-13-5-6-16(18-11-13)23-14-7-9-20(10-8-14)17(22)12(2)3/h5-6,11-12,14H,4,7-10H2,1-3H3,(H,19,21). The number of ether oxygens (including phenoxy) is 1. The monoisotopic (exact) mass is 319 g/mol. The molecular formula is C17H25N3O3. The van der Waals surface area contributed by atoms with Gasteiger partial charge in [-0.05, 0) is 6.07 Å². The first-order valence-corrected chi connectivity index (χ1v) is 8.21. The Hall–Kier alpha value is -2.11. The van der Waals surface area contributed by atoms with Crippen molar-refractivity contribution in [2.45, 2.75) is 46.1 Å². The zero-order valence-electron chi connectivity index (χ0n) is 14.0. The number of aromatic nitrogens is 1. The highest BCUT2D eigenvalue weighted by Gasteiger charge is 2.25. The zero-order valence-corrected chi connectivity index (χ0v) is 14.0. The van der Waals surface area contributed by atoms with E-state index in [1.807, 2.05) is 18.7 Å². The van der Waals surface area contributed by atoms with Gasteiger partial charge in [0.15, 0.2) is 0 Å². The first kappa shape index (κ1) is 17.2. The SMILES string of the molecule is CCC(=O)Nc1ccc(OC2CCN(C(=O)C(C)C)CC2)nc1. The zero-order chi connectivity index (χ0) is 16.8. The summed E-state index contributed by atoms with van der Waals surface area (Å²) in [5, 5.41) is 2.75. The second kappa shape index (κ2) is 7.94. The highest BCUT2D eigenvalue weighted by Crippen LogP contribution is 2.19. The van der Waals surface area contributed by atoms with E-state index in [2.05, 4.69) is 10.3 Å². The average molecular weight is 319 g/mol. The maximum Gasteiger partial charge on any atom is 0.225 e. The van der Waals surface area contributed by atoms with Gasteiger partial charge in [-0.2, -0.15) is 0 Å². The maximum atomic E-state index is 12.0. The highest BCUT2D eigenvalue weighted by molar-refractivity contribution is 5.90. The van der Waals surface area contributed by atoms with Crippen LogP contribution in [0.2, 0.25) is 0 Å². The van der Waals surface area contributed by atoms with E-state index in [-0.39, 0.29) is 23.8 Å². The highest BCUT2D eigenvalue weighted by atomic mass is 16.5. The van der Waals surface area contributed by atoms with E-state index in [1.165, 1.54) is 0 Å². The van der Waals surface area contributed by atoms with Gasteiger partial charge in [-0.3, -0.25) is 9.59 Å². The molecule has 1 saturated heterocycles. The van der Waals surface area contributed by atoms with Crippen molar-refractivity contribution in [3.63, 3.8) is 0 Å². The fourth-order valence-electron chi connectivity index (χ4n) is 2.50. The normalized spacial score (nSPS) is 15.6. The number of piperidine rings is 1. The fraction of sp³-hybridized carbons (Fsp3) is 0.588. The number of likely N-dealkylation sites (tertiary alicyclic amines) is 1. The number of carbonyl (C=O) groups excluding carboxylic acids is 2. The Kier molecular flexibility index (Phi) is 5.96. The smallest absolute Gasteiger partial charge is 0.225 e. The van der Waals surface area contributed by atoms with Gasteiger partial charge in [0.05, 0.1) is 11.9 Å². The summed E-state index contributed by atoms with van der Waals surface area (Å²) in [5.74, 6) is 0.758. The third-order valence-electron chi connectivity index (χ3n) is 3.88. The van der Waals surface area contributed by atoms with Crippen LogP contribution in [0.15, 0.2) is 18.3 Å². The molecule has 2 heterocycles. The van der Waals surface area contributed by atoms with Gasteiger partial charge in [0.25, 0.3) is 0 Å². The van der Waals surface area contributed by atoms with E-state index < -0.39 is 0 Å². The molecule has 2 rings (SSSR count). The van der Waals surface area contributed by atoms with Crippen LogP contribution in [0.1, 0.15) is 40.0 Å². The Morgan fingerprint density at radius 2 is 2.04 bits per heavy atom. The quantitative estimate of drug-likeness (QED) is 0.905. The number of anilines is 1. The lowest BCUT2D eigenvalue weighted by Gasteiger charge is -2.33. The van der Waals surface area contributed by atoms with E-state index in [4.69, 9.17) is 4.74 Å². The number of hydrogen-bond acceptors (Lipinski definition) is 4. The number of pyridine rings is 1. The predicted molar refractivity (Wildman–Crippen MR) is 88.2 cm³/mol. The van der Waals surface area contributed by atoms with Gasteiger partial charge >= 0.3 is 0 Å². The molecule has 0 atom stereocenters. The number of carbonyl (C=O) groups is 2. The van der Waals surface area contributed by atoms with Crippen molar-refractivity contribution in [2.24, 2.45) is 5.92 Å². The fourth-order valence-corrected chi connectivity index (χ4v) is 2.50. The van der Waals surface area contributed by atoms with Crippen LogP contribution < -0.4 is 10.1 Å². The molecule has 2 amide bonds. The summed E-state index contributed by atoms with van der Waals surface area (Å²) in [6.07, 6.45) is 3.74. The van der Waals surface area contributed by atoms with E-state index in [1.54, 1.807) is 25.3 Å². The molecule has 0 aliphatic carbocycles. The third kappa shape index (κ3) is 4.94. The Bertz CT molecular complexity index is 535. The van der Waals surface area contributed by atoms with Crippen molar-refractivity contribution in [1.29, 1.82) is 0 Å². The summed E-state index contributed by atoms with van der Waals surface area (Å²) in [7, 11) is 0. The first-order chi connectivity index (χ1) is 11.0. The van der Waals surface area contributed by atoms with Crippen LogP contribution in [0.3, 0.4) is 0 Å². The van der Waals surface area contributed by atoms with Crippen LogP contribution in [-0.2, 0) is 9.59 Å². The summed E-state index contributed by atoms with van der Waals surface area (Å²) < 4.78 is 5.87. The topological polar surface area (TPSA) is 71.5 Å². The van der Waals surface area contributed by atoms with Crippen molar-refractivity contribution < 1.29 is 14.3 Å². The van der Waals surface area contributed by atoms with Crippen molar-refractivity contribution in [2.75, 3.05) is 18.4 Å². The second-order valence-electron chi connectivity index (χ2n) is 6.08. The minimum atomic E-state index is -0.0392. The Morgan fingerprint density at radius 1 is 1.35 bits per heavy atom. The number of rotatable bonds is 5. The van der Waals surface area contributed by atoms with Gasteiger partial charge in [0, 0.05) is 44.3 Å². The van der Waals surface area contributed by atoms with Crippen molar-refractivity contribution >= 4 is 17.5 Å². The van der Waals surface area contributed by atoms with Gasteiger partial charge < -0.3 is 15.0 Å². The molecule has 6 heteroatoms. The minimum absolute atomic E-state index is 0.0392. The summed E-state index contributed by atoms with van der Waals surface area (Å²) in [5.41, 5.74) is 0.668. The van der Waals surface area contributed by atoms with Crippen LogP contribution in [0.5, 0.6) is 5.88 Å². The maximum absolute atomic E-state index is 12.0. The van der Waals surface area contributed by atoms with Crippen LogP contribution in [0, 0.1) is 5.92 Å². The first-order valence-electron chi connectivity index (χ1n) is 8.21. The average Bonchev–Trinajstić information content (AvgIpc) is 2.56. The van der Waals surface area contributed by atoms with Crippen LogP contribution in [0.4, 0.5) is 5.69 Å². The molecule has 0 saturated carbocycles. The summed E-state index contributed by atoms with van der Waals surface area (Å²) in [4.78, 5) is 29.4. The summed E-state index contributed by atoms with van der Waals surface area (Å²) in [6, 6.07) is 3.55. The molecule has 1 fully saturated rings. The molecule has 0 radical (unpaired) electrons. The Balaban J connectivity index is 1.82. The van der Waals surface area contributed by atoms with Crippen molar-refractivity contribution in [3.05, 3.63) is 18.3 Å². The summed E-state index contributed by atoms with van der Waals surface area (Å²) in [6.45, 7) is 7.11. The predicted octanol–water partition coefficient (Wildman–Crippen LogP) is 2.46. The van der Waals surface area contributed by atoms with E-state index in [0.717, 1.165) is 25.9 Å². The van der Waals surface area contributed by atoms with Gasteiger partial charge in [0.1, 0.15) is 6.10 Å². The molecule has 1 aliphatic rings. The largest absolute Gasteiger partial charge is 0.474 e. The number of nitrogens with zero attached hydrogens (tertiary/aromatic N) is 2. The second-order valence-corrected chi connectivity index (χ2v) is 6.08. The van der Waals surface area contributed by atoms with Crippen molar-refractivity contribution in [3.8, 4) is 5.88 Å². The molecule has 126 valence electrons. The number of nitrogens with one attached hydrogen (secondary N) is 1. The van der Waals surface area contributed by atoms with Gasteiger partial charge in [-0.15, -0.1) is 0 Å². The number of hydrogen-bond donors (Lipinski definition) is 1. The van der Waals surface area contributed by atoms with E-state index >= 15 is 0 Å². The van der Waals surface area contributed by atoms with E-state index in [0.29, 0.717) is 18.0 Å². The molecular weight excluding hydrogens is 294 g/mol. The molecule has 1 aromatic heterocycles. The van der Waals surface area contributed by atoms with Gasteiger partial charge in [-0.25, -0.2) is 4.98 Å². The lowest BCUT2D eigenvalue weighted by molar-refractivity contribution is -0.136. The lowest BCUT2D eigenvalue weighted by atomic mass is 10.1. The molecule has 0 bridgehead atoms. The lowest BCUT2D eigenvalue weighted by Crippen LogP contribution is -2.43. The van der Waals surface area contributed by atoms with Crippen LogP contribution in [0.25, 0.3) is 0 Å². The Morgan fingerprint density at radius 3 is 2.57 bits per heavy atom. The van der Waals surface area contributed by atoms with E-state index in [9.17, 15) is 9.59 Å². The molecule has 23 heavy (non-hydrogen) atoms. The minimum Gasteiger partial charge on any atom is -0.474 e. The Labute approximate surface area is 137 Å². The summed E-state index contributed by atoms with van der Waals surface area (Å²) >= 11 is 0. The molecule has 1 aliphatic heterocycles. The molecule has 6 nitrogen and oxygen atoms in total. The molecule has 1 N–H and O–H groups in total. The molecule has 0 unspecified atom stereocenters. The van der Waals surface area contributed by atoms with Crippen LogP contribution in [-0.4, -0.2) is 40.9 Å². The molecule has 0 aromatic carbocycles. The number of amides is 2.